The number of nitro groups is 1. The Kier molecular flexibility index (Phi) is 2.70. The molecule has 0 saturated carbocycles. The van der Waals surface area contributed by atoms with Crippen LogP contribution < -0.4 is 0 Å². The van der Waals surface area contributed by atoms with Crippen molar-refractivity contribution in [3.63, 3.8) is 0 Å². The highest BCUT2D eigenvalue weighted by Gasteiger charge is 2.13. The highest BCUT2D eigenvalue weighted by atomic mass is 16.6. The van der Waals surface area contributed by atoms with Crippen LogP contribution >= 0.6 is 0 Å². The number of aromatic nitrogens is 1. The average molecular weight is 232 g/mol. The van der Waals surface area contributed by atoms with E-state index < -0.39 is 4.92 Å². The van der Waals surface area contributed by atoms with Gasteiger partial charge >= 0.3 is 0 Å². The number of hydrogen-bond acceptors (Lipinski definition) is 5. The van der Waals surface area contributed by atoms with Gasteiger partial charge in [-0.2, -0.15) is 0 Å². The number of nitro benzene ring substituents is 1. The van der Waals surface area contributed by atoms with Crippen molar-refractivity contribution in [2.45, 2.75) is 6.92 Å². The van der Waals surface area contributed by atoms with E-state index in [4.69, 9.17) is 4.42 Å². The second kappa shape index (κ2) is 4.17. The van der Waals surface area contributed by atoms with E-state index in [0.29, 0.717) is 23.5 Å². The van der Waals surface area contributed by atoms with E-state index >= 15 is 0 Å². The van der Waals surface area contributed by atoms with Crippen LogP contribution in [0.25, 0.3) is 11.3 Å². The number of non-ortho nitro benzene ring substituents is 1. The molecule has 0 aliphatic carbocycles. The second-order valence-electron chi connectivity index (χ2n) is 3.37. The molecule has 0 N–H and O–H groups in total. The maximum absolute atomic E-state index is 10.8. The SMILES string of the molecule is Cc1nc(C=O)c(-c2ccc([N+](=O)[O-])cc2)o1. The Hall–Kier alpha value is -2.50. The van der Waals surface area contributed by atoms with Gasteiger partial charge in [0.15, 0.2) is 17.9 Å². The Morgan fingerprint density at radius 3 is 2.53 bits per heavy atom. The number of oxazole rings is 1. The molecule has 0 aliphatic rings. The van der Waals surface area contributed by atoms with Gasteiger partial charge in [0.05, 0.1) is 4.92 Å². The predicted octanol–water partition coefficient (Wildman–Crippen LogP) is 2.37. The quantitative estimate of drug-likeness (QED) is 0.460. The molecule has 6 heteroatoms. The lowest BCUT2D eigenvalue weighted by Gasteiger charge is -1.96. The van der Waals surface area contributed by atoms with Crippen LogP contribution in [0.5, 0.6) is 0 Å². The first-order valence-electron chi connectivity index (χ1n) is 4.79. The van der Waals surface area contributed by atoms with Crippen LogP contribution in [0.15, 0.2) is 28.7 Å². The highest BCUT2D eigenvalue weighted by Crippen LogP contribution is 2.25. The molecule has 0 spiro atoms. The number of benzene rings is 1. The summed E-state index contributed by atoms with van der Waals surface area (Å²) < 4.78 is 5.28. The second-order valence-corrected chi connectivity index (χ2v) is 3.37. The van der Waals surface area contributed by atoms with E-state index in [0.717, 1.165) is 0 Å². The van der Waals surface area contributed by atoms with Crippen molar-refractivity contribution >= 4 is 12.0 Å². The molecule has 6 nitrogen and oxygen atoms in total. The monoisotopic (exact) mass is 232 g/mol. The van der Waals surface area contributed by atoms with Crippen molar-refractivity contribution in [2.24, 2.45) is 0 Å². The lowest BCUT2D eigenvalue weighted by molar-refractivity contribution is -0.384. The topological polar surface area (TPSA) is 86.2 Å². The summed E-state index contributed by atoms with van der Waals surface area (Å²) in [6.45, 7) is 1.63. The molecule has 17 heavy (non-hydrogen) atoms. The zero-order valence-corrected chi connectivity index (χ0v) is 8.91. The van der Waals surface area contributed by atoms with E-state index in [1.807, 2.05) is 0 Å². The summed E-state index contributed by atoms with van der Waals surface area (Å²) in [5.74, 6) is 0.702. The Labute approximate surface area is 96.0 Å². The molecule has 0 bridgehead atoms. The fraction of sp³-hybridized carbons (Fsp3) is 0.0909. The zero-order valence-electron chi connectivity index (χ0n) is 8.91. The third-order valence-electron chi connectivity index (χ3n) is 2.21. The minimum atomic E-state index is -0.490. The molecule has 2 rings (SSSR count). The summed E-state index contributed by atoms with van der Waals surface area (Å²) in [5, 5.41) is 10.5. The third-order valence-corrected chi connectivity index (χ3v) is 2.21. The van der Waals surface area contributed by atoms with E-state index in [2.05, 4.69) is 4.98 Å². The molecule has 86 valence electrons. The number of carbonyl (C=O) groups excluding carboxylic acids is 1. The number of aldehydes is 1. The van der Waals surface area contributed by atoms with Gasteiger partial charge < -0.3 is 4.42 Å². The fourth-order valence-corrected chi connectivity index (χ4v) is 1.46. The standard InChI is InChI=1S/C11H8N2O4/c1-7-12-10(6-14)11(17-7)8-2-4-9(5-3-8)13(15)16/h2-6H,1H3. The molecular weight excluding hydrogens is 224 g/mol. The van der Waals surface area contributed by atoms with Crippen LogP contribution in [-0.2, 0) is 0 Å². The van der Waals surface area contributed by atoms with Gasteiger partial charge in [-0.15, -0.1) is 0 Å². The van der Waals surface area contributed by atoms with Crippen LogP contribution in [0.2, 0.25) is 0 Å². The van der Waals surface area contributed by atoms with Crippen molar-refractivity contribution < 1.29 is 14.1 Å². The van der Waals surface area contributed by atoms with Gasteiger partial charge in [0.2, 0.25) is 0 Å². The van der Waals surface area contributed by atoms with Crippen molar-refractivity contribution in [3.05, 3.63) is 46.0 Å². The maximum Gasteiger partial charge on any atom is 0.269 e. The number of aryl methyl sites for hydroxylation is 1. The lowest BCUT2D eigenvalue weighted by Crippen LogP contribution is -1.88. The van der Waals surface area contributed by atoms with Gasteiger partial charge in [-0.3, -0.25) is 14.9 Å². The minimum absolute atomic E-state index is 0.0161. The minimum Gasteiger partial charge on any atom is -0.440 e. The van der Waals surface area contributed by atoms with E-state index in [-0.39, 0.29) is 11.4 Å². The summed E-state index contributed by atoms with van der Waals surface area (Å²) in [6, 6.07) is 5.74. The van der Waals surface area contributed by atoms with Crippen LogP contribution in [0.3, 0.4) is 0 Å². The smallest absolute Gasteiger partial charge is 0.269 e. The lowest BCUT2D eigenvalue weighted by atomic mass is 10.1. The molecule has 0 radical (unpaired) electrons. The van der Waals surface area contributed by atoms with Crippen LogP contribution in [0, 0.1) is 17.0 Å². The molecule has 1 aromatic carbocycles. The van der Waals surface area contributed by atoms with Gasteiger partial charge in [0, 0.05) is 24.6 Å². The van der Waals surface area contributed by atoms with Crippen molar-refractivity contribution in [2.75, 3.05) is 0 Å². The van der Waals surface area contributed by atoms with Crippen LogP contribution in [-0.4, -0.2) is 16.2 Å². The Morgan fingerprint density at radius 2 is 2.00 bits per heavy atom. The normalized spacial score (nSPS) is 10.2. The average Bonchev–Trinajstić information content (AvgIpc) is 2.70. The van der Waals surface area contributed by atoms with Crippen molar-refractivity contribution in [1.82, 2.24) is 4.98 Å². The molecule has 0 fully saturated rings. The molecular formula is C11H8N2O4. The molecule has 0 atom stereocenters. The van der Waals surface area contributed by atoms with Gasteiger partial charge in [-0.25, -0.2) is 4.98 Å². The number of carbonyl (C=O) groups is 1. The Balaban J connectivity index is 2.46. The van der Waals surface area contributed by atoms with E-state index in [1.54, 1.807) is 6.92 Å². The number of nitrogens with zero attached hydrogens (tertiary/aromatic N) is 2. The number of hydrogen-bond donors (Lipinski definition) is 0. The van der Waals surface area contributed by atoms with Gasteiger partial charge in [0.25, 0.3) is 5.69 Å². The zero-order chi connectivity index (χ0) is 12.4. The Morgan fingerprint density at radius 1 is 1.35 bits per heavy atom. The van der Waals surface area contributed by atoms with Crippen LogP contribution in [0.1, 0.15) is 16.4 Å². The van der Waals surface area contributed by atoms with Crippen molar-refractivity contribution in [1.29, 1.82) is 0 Å². The maximum atomic E-state index is 10.8. The molecule has 0 aliphatic heterocycles. The molecule has 1 aromatic heterocycles. The first kappa shape index (κ1) is 11.0. The first-order chi connectivity index (χ1) is 8.11. The molecule has 1 heterocycles. The summed E-state index contributed by atoms with van der Waals surface area (Å²) in [5.41, 5.74) is 0.757. The van der Waals surface area contributed by atoms with Crippen LogP contribution in [0.4, 0.5) is 5.69 Å². The summed E-state index contributed by atoms with van der Waals surface area (Å²) in [7, 11) is 0. The molecule has 0 saturated heterocycles. The van der Waals surface area contributed by atoms with Gasteiger partial charge in [-0.1, -0.05) is 0 Å². The highest BCUT2D eigenvalue weighted by molar-refractivity contribution is 5.82. The van der Waals surface area contributed by atoms with Gasteiger partial charge in [-0.05, 0) is 12.1 Å². The molecule has 0 amide bonds. The van der Waals surface area contributed by atoms with Gasteiger partial charge in [0.1, 0.15) is 5.69 Å². The van der Waals surface area contributed by atoms with E-state index in [1.165, 1.54) is 24.3 Å². The van der Waals surface area contributed by atoms with E-state index in [9.17, 15) is 14.9 Å². The van der Waals surface area contributed by atoms with Crippen molar-refractivity contribution in [3.8, 4) is 11.3 Å². The summed E-state index contributed by atoms with van der Waals surface area (Å²) in [6.07, 6.45) is 0.591. The molecule has 0 unspecified atom stereocenters. The first-order valence-corrected chi connectivity index (χ1v) is 4.79. The number of rotatable bonds is 3. The summed E-state index contributed by atoms with van der Waals surface area (Å²) in [4.78, 5) is 24.7. The summed E-state index contributed by atoms with van der Waals surface area (Å²) >= 11 is 0. The molecule has 2 aromatic rings. The fourth-order valence-electron chi connectivity index (χ4n) is 1.46. The predicted molar refractivity (Wildman–Crippen MR) is 58.7 cm³/mol. The largest absolute Gasteiger partial charge is 0.440 e. The third kappa shape index (κ3) is 2.05. The Bertz CT molecular complexity index is 572.